The number of H-pyrrole nitrogens is 1. The van der Waals surface area contributed by atoms with Crippen LogP contribution in [0.2, 0.25) is 0 Å². The maximum atomic E-state index is 12.1. The standard InChI is InChI=1S/C15H14N4O/c1-9-2-3-12(15(20)17-9)19-7-5-11-8-10-4-6-16-13(10)18-14(11)19/h4-8,12H,1-3H2,(H,16,18)(H,17,20). The Balaban J connectivity index is 1.86. The number of nitrogens with zero attached hydrogens (tertiary/aromatic N) is 2. The molecule has 5 heteroatoms. The highest BCUT2D eigenvalue weighted by molar-refractivity contribution is 5.92. The van der Waals surface area contributed by atoms with Crippen molar-refractivity contribution in [1.29, 1.82) is 0 Å². The molecule has 1 amide bonds. The summed E-state index contributed by atoms with van der Waals surface area (Å²) in [6, 6.07) is 5.88. The summed E-state index contributed by atoms with van der Waals surface area (Å²) in [7, 11) is 0. The molecule has 2 N–H and O–H groups in total. The first-order chi connectivity index (χ1) is 9.72. The lowest BCUT2D eigenvalue weighted by atomic mass is 10.0. The van der Waals surface area contributed by atoms with Gasteiger partial charge < -0.3 is 14.9 Å². The molecule has 1 saturated heterocycles. The molecule has 1 atom stereocenters. The van der Waals surface area contributed by atoms with Gasteiger partial charge in [-0.05, 0) is 31.0 Å². The van der Waals surface area contributed by atoms with Crippen molar-refractivity contribution in [2.45, 2.75) is 18.9 Å². The number of fused-ring (bicyclic) bond motifs is 2. The lowest BCUT2D eigenvalue weighted by molar-refractivity contribution is -0.124. The van der Waals surface area contributed by atoms with Gasteiger partial charge in [0.1, 0.15) is 17.3 Å². The van der Waals surface area contributed by atoms with Crippen molar-refractivity contribution < 1.29 is 4.79 Å². The third-order valence-electron chi connectivity index (χ3n) is 3.86. The van der Waals surface area contributed by atoms with E-state index < -0.39 is 0 Å². The number of hydrogen-bond donors (Lipinski definition) is 2. The van der Waals surface area contributed by atoms with Gasteiger partial charge in [-0.1, -0.05) is 6.58 Å². The number of aromatic amines is 1. The first-order valence-corrected chi connectivity index (χ1v) is 6.66. The van der Waals surface area contributed by atoms with Crippen LogP contribution in [0.25, 0.3) is 22.1 Å². The SMILES string of the molecule is C=C1CCC(n2ccc3cc4cc[nH]c4nc32)C(=O)N1. The van der Waals surface area contributed by atoms with E-state index in [0.29, 0.717) is 0 Å². The highest BCUT2D eigenvalue weighted by Gasteiger charge is 2.26. The van der Waals surface area contributed by atoms with Gasteiger partial charge in [0.15, 0.2) is 0 Å². The Kier molecular flexibility index (Phi) is 2.24. The molecule has 1 aliphatic heterocycles. The molecule has 5 nitrogen and oxygen atoms in total. The van der Waals surface area contributed by atoms with Crippen LogP contribution in [0.4, 0.5) is 0 Å². The highest BCUT2D eigenvalue weighted by Crippen LogP contribution is 2.27. The van der Waals surface area contributed by atoms with Crippen molar-refractivity contribution in [3.8, 4) is 0 Å². The van der Waals surface area contributed by atoms with Crippen LogP contribution in [0.5, 0.6) is 0 Å². The summed E-state index contributed by atoms with van der Waals surface area (Å²) in [5.41, 5.74) is 2.48. The zero-order chi connectivity index (χ0) is 13.7. The summed E-state index contributed by atoms with van der Waals surface area (Å²) in [5, 5.41) is 4.96. The van der Waals surface area contributed by atoms with Gasteiger partial charge in [-0.15, -0.1) is 0 Å². The second kappa shape index (κ2) is 3.96. The molecule has 4 rings (SSSR count). The topological polar surface area (TPSA) is 62.7 Å². The fourth-order valence-electron chi connectivity index (χ4n) is 2.83. The van der Waals surface area contributed by atoms with Gasteiger partial charge in [0.25, 0.3) is 0 Å². The third kappa shape index (κ3) is 1.56. The number of rotatable bonds is 1. The van der Waals surface area contributed by atoms with Crippen molar-refractivity contribution >= 4 is 28.0 Å². The number of pyridine rings is 1. The number of amides is 1. The van der Waals surface area contributed by atoms with Crippen LogP contribution in [-0.2, 0) is 4.79 Å². The number of hydrogen-bond acceptors (Lipinski definition) is 2. The molecule has 20 heavy (non-hydrogen) atoms. The van der Waals surface area contributed by atoms with Crippen LogP contribution < -0.4 is 5.32 Å². The molecule has 100 valence electrons. The van der Waals surface area contributed by atoms with Crippen molar-refractivity contribution in [2.75, 3.05) is 0 Å². The zero-order valence-electron chi connectivity index (χ0n) is 10.9. The van der Waals surface area contributed by atoms with Crippen molar-refractivity contribution in [1.82, 2.24) is 19.9 Å². The predicted molar refractivity (Wildman–Crippen MR) is 77.1 cm³/mol. The van der Waals surface area contributed by atoms with Crippen LogP contribution in [0.15, 0.2) is 42.9 Å². The molecular formula is C15H14N4O. The molecule has 3 aromatic heterocycles. The molecule has 0 saturated carbocycles. The summed E-state index contributed by atoms with van der Waals surface area (Å²) in [6.07, 6.45) is 5.38. The second-order valence-electron chi connectivity index (χ2n) is 5.19. The van der Waals surface area contributed by atoms with Crippen LogP contribution in [0.3, 0.4) is 0 Å². The summed E-state index contributed by atoms with van der Waals surface area (Å²) in [6.45, 7) is 3.81. The van der Waals surface area contributed by atoms with Gasteiger partial charge in [0, 0.05) is 28.9 Å². The fraction of sp³-hybridized carbons (Fsp3) is 0.200. The Bertz CT molecular complexity index is 842. The largest absolute Gasteiger partial charge is 0.346 e. The van der Waals surface area contributed by atoms with E-state index in [2.05, 4.69) is 27.9 Å². The molecule has 0 radical (unpaired) electrons. The monoisotopic (exact) mass is 266 g/mol. The summed E-state index contributed by atoms with van der Waals surface area (Å²) >= 11 is 0. The van der Waals surface area contributed by atoms with E-state index in [1.807, 2.05) is 29.1 Å². The second-order valence-corrected chi connectivity index (χ2v) is 5.19. The maximum Gasteiger partial charge on any atom is 0.247 e. The third-order valence-corrected chi connectivity index (χ3v) is 3.86. The molecule has 1 aliphatic rings. The van der Waals surface area contributed by atoms with E-state index in [4.69, 9.17) is 0 Å². The van der Waals surface area contributed by atoms with Crippen LogP contribution in [0, 0.1) is 0 Å². The number of nitrogens with one attached hydrogen (secondary N) is 2. The van der Waals surface area contributed by atoms with Crippen molar-refractivity contribution in [3.05, 3.63) is 42.9 Å². The van der Waals surface area contributed by atoms with Crippen molar-refractivity contribution in [2.24, 2.45) is 0 Å². The summed E-state index contributed by atoms with van der Waals surface area (Å²) in [5.74, 6) is -0.00728. The smallest absolute Gasteiger partial charge is 0.247 e. The van der Waals surface area contributed by atoms with Gasteiger partial charge in [0.2, 0.25) is 5.91 Å². The fourth-order valence-corrected chi connectivity index (χ4v) is 2.83. The van der Waals surface area contributed by atoms with E-state index in [9.17, 15) is 4.79 Å². The summed E-state index contributed by atoms with van der Waals surface area (Å²) in [4.78, 5) is 19.9. The minimum atomic E-state index is -0.210. The molecular weight excluding hydrogens is 252 g/mol. The molecule has 4 heterocycles. The lowest BCUT2D eigenvalue weighted by Gasteiger charge is -2.25. The molecule has 1 unspecified atom stereocenters. The Morgan fingerprint density at radius 3 is 3.10 bits per heavy atom. The van der Waals surface area contributed by atoms with E-state index >= 15 is 0 Å². The first-order valence-electron chi connectivity index (χ1n) is 6.66. The number of carbonyl (C=O) groups excluding carboxylic acids is 1. The average molecular weight is 266 g/mol. The number of piperidine rings is 1. The van der Waals surface area contributed by atoms with Gasteiger partial charge in [0.05, 0.1) is 0 Å². The molecule has 3 aromatic rings. The first kappa shape index (κ1) is 11.3. The quantitative estimate of drug-likeness (QED) is 0.710. The van der Waals surface area contributed by atoms with E-state index in [1.54, 1.807) is 0 Å². The number of aromatic nitrogens is 3. The zero-order valence-corrected chi connectivity index (χ0v) is 10.9. The minimum Gasteiger partial charge on any atom is -0.346 e. The normalized spacial score (nSPS) is 19.7. The van der Waals surface area contributed by atoms with Crippen LogP contribution >= 0.6 is 0 Å². The van der Waals surface area contributed by atoms with E-state index in [-0.39, 0.29) is 11.9 Å². The molecule has 0 aliphatic carbocycles. The Morgan fingerprint density at radius 1 is 1.35 bits per heavy atom. The van der Waals surface area contributed by atoms with Gasteiger partial charge in [-0.25, -0.2) is 4.98 Å². The van der Waals surface area contributed by atoms with E-state index in [1.165, 1.54) is 0 Å². The minimum absolute atomic E-state index is 0.00728. The molecule has 0 bridgehead atoms. The van der Waals surface area contributed by atoms with Gasteiger partial charge in [-0.2, -0.15) is 0 Å². The Hall–Kier alpha value is -2.56. The average Bonchev–Trinajstić information content (AvgIpc) is 3.02. The number of allylic oxidation sites excluding steroid dienone is 1. The molecule has 0 aromatic carbocycles. The molecule has 1 fully saturated rings. The summed E-state index contributed by atoms with van der Waals surface area (Å²) < 4.78 is 1.96. The highest BCUT2D eigenvalue weighted by atomic mass is 16.2. The predicted octanol–water partition coefficient (Wildman–Crippen LogP) is 2.48. The number of carbonyl (C=O) groups is 1. The Morgan fingerprint density at radius 2 is 2.25 bits per heavy atom. The van der Waals surface area contributed by atoms with Crippen LogP contribution in [0.1, 0.15) is 18.9 Å². The maximum absolute atomic E-state index is 12.1. The van der Waals surface area contributed by atoms with Crippen LogP contribution in [-0.4, -0.2) is 20.4 Å². The molecule has 0 spiro atoms. The van der Waals surface area contributed by atoms with Gasteiger partial charge in [-0.3, -0.25) is 4.79 Å². The Labute approximate surface area is 115 Å². The van der Waals surface area contributed by atoms with Gasteiger partial charge >= 0.3 is 0 Å². The van der Waals surface area contributed by atoms with E-state index in [0.717, 1.165) is 40.6 Å². The lowest BCUT2D eigenvalue weighted by Crippen LogP contribution is -2.36. The van der Waals surface area contributed by atoms with Crippen molar-refractivity contribution in [3.63, 3.8) is 0 Å².